The molecule has 100 valence electrons. The molecule has 0 fully saturated rings. The van der Waals surface area contributed by atoms with Gasteiger partial charge in [-0.15, -0.1) is 0 Å². The molecule has 0 aliphatic heterocycles. The Kier molecular flexibility index (Phi) is 4.14. The lowest BCUT2D eigenvalue weighted by Gasteiger charge is -2.13. The number of hydrogen-bond acceptors (Lipinski definition) is 4. The maximum atomic E-state index is 4.65. The normalized spacial score (nSPS) is 10.8. The molecular formula is C14H17BrN4. The molecule has 2 heterocycles. The molecular weight excluding hydrogens is 304 g/mol. The third-order valence-electron chi connectivity index (χ3n) is 2.88. The Hall–Kier alpha value is -1.49. The second-order valence-electron chi connectivity index (χ2n) is 4.67. The van der Waals surface area contributed by atoms with Crippen molar-refractivity contribution in [1.82, 2.24) is 15.0 Å². The van der Waals surface area contributed by atoms with Crippen LogP contribution in [0.5, 0.6) is 0 Å². The molecule has 0 amide bonds. The molecule has 2 aromatic rings. The maximum Gasteiger partial charge on any atom is 0.180 e. The fraction of sp³-hybridized carbons (Fsp3) is 0.357. The highest BCUT2D eigenvalue weighted by atomic mass is 79.9. The van der Waals surface area contributed by atoms with Gasteiger partial charge in [0.2, 0.25) is 0 Å². The van der Waals surface area contributed by atoms with Crippen LogP contribution < -0.4 is 5.32 Å². The summed E-state index contributed by atoms with van der Waals surface area (Å²) in [7, 11) is 1.85. The predicted octanol–water partition coefficient (Wildman–Crippen LogP) is 3.77. The van der Waals surface area contributed by atoms with Gasteiger partial charge in [0.05, 0.1) is 10.2 Å². The van der Waals surface area contributed by atoms with E-state index in [1.807, 2.05) is 26.1 Å². The van der Waals surface area contributed by atoms with E-state index in [1.54, 1.807) is 6.20 Å². The number of aromatic nitrogens is 3. The summed E-state index contributed by atoms with van der Waals surface area (Å²) in [5, 5.41) is 3.09. The molecule has 5 heteroatoms. The van der Waals surface area contributed by atoms with E-state index in [0.29, 0.717) is 11.7 Å². The zero-order valence-corrected chi connectivity index (χ0v) is 13.1. The summed E-state index contributed by atoms with van der Waals surface area (Å²) in [5.41, 5.74) is 2.88. The number of nitrogens with one attached hydrogen (secondary N) is 1. The van der Waals surface area contributed by atoms with Crippen LogP contribution in [0.25, 0.3) is 11.5 Å². The van der Waals surface area contributed by atoms with Crippen LogP contribution in [0.3, 0.4) is 0 Å². The fourth-order valence-electron chi connectivity index (χ4n) is 1.84. The summed E-state index contributed by atoms with van der Waals surface area (Å²) in [6, 6.07) is 3.93. The third-order valence-corrected chi connectivity index (χ3v) is 3.66. The van der Waals surface area contributed by atoms with E-state index >= 15 is 0 Å². The monoisotopic (exact) mass is 320 g/mol. The van der Waals surface area contributed by atoms with Crippen molar-refractivity contribution in [3.8, 4) is 11.5 Å². The Bertz CT molecular complexity index is 596. The molecule has 0 radical (unpaired) electrons. The minimum Gasteiger partial charge on any atom is -0.372 e. The number of hydrogen-bond donors (Lipinski definition) is 1. The van der Waals surface area contributed by atoms with Crippen molar-refractivity contribution in [3.63, 3.8) is 0 Å². The van der Waals surface area contributed by atoms with Gasteiger partial charge >= 0.3 is 0 Å². The number of anilines is 1. The lowest BCUT2D eigenvalue weighted by Crippen LogP contribution is -2.05. The highest BCUT2D eigenvalue weighted by molar-refractivity contribution is 9.10. The summed E-state index contributed by atoms with van der Waals surface area (Å²) < 4.78 is 0.919. The Balaban J connectivity index is 2.65. The Labute approximate surface area is 121 Å². The molecule has 0 aliphatic rings. The van der Waals surface area contributed by atoms with Gasteiger partial charge in [-0.2, -0.15) is 0 Å². The van der Waals surface area contributed by atoms with Gasteiger partial charge in [0.15, 0.2) is 5.82 Å². The summed E-state index contributed by atoms with van der Waals surface area (Å²) in [4.78, 5) is 13.6. The van der Waals surface area contributed by atoms with Crippen LogP contribution in [0, 0.1) is 6.92 Å². The van der Waals surface area contributed by atoms with Gasteiger partial charge in [0.1, 0.15) is 11.5 Å². The fourth-order valence-corrected chi connectivity index (χ4v) is 2.67. The first-order valence-corrected chi connectivity index (χ1v) is 7.01. The van der Waals surface area contributed by atoms with Gasteiger partial charge in [0.25, 0.3) is 0 Å². The molecule has 0 saturated carbocycles. The molecule has 0 aromatic carbocycles. The number of rotatable bonds is 3. The number of pyridine rings is 1. The molecule has 0 aliphatic carbocycles. The zero-order valence-electron chi connectivity index (χ0n) is 11.5. The maximum absolute atomic E-state index is 4.65. The highest BCUT2D eigenvalue weighted by Crippen LogP contribution is 2.31. The number of nitrogens with zero attached hydrogens (tertiary/aromatic N) is 3. The average molecular weight is 321 g/mol. The Morgan fingerprint density at radius 3 is 2.58 bits per heavy atom. The first-order valence-electron chi connectivity index (χ1n) is 6.21. The smallest absolute Gasteiger partial charge is 0.180 e. The molecule has 0 atom stereocenters. The molecule has 19 heavy (non-hydrogen) atoms. The van der Waals surface area contributed by atoms with Crippen LogP contribution in [-0.2, 0) is 0 Å². The van der Waals surface area contributed by atoms with Gasteiger partial charge in [-0.05, 0) is 40.4 Å². The summed E-state index contributed by atoms with van der Waals surface area (Å²) >= 11 is 3.56. The molecule has 2 rings (SSSR count). The van der Waals surface area contributed by atoms with Crippen LogP contribution in [0.2, 0.25) is 0 Å². The van der Waals surface area contributed by atoms with Crippen molar-refractivity contribution < 1.29 is 0 Å². The second kappa shape index (κ2) is 5.65. The summed E-state index contributed by atoms with van der Waals surface area (Å²) in [6.07, 6.45) is 1.77. The van der Waals surface area contributed by atoms with E-state index in [2.05, 4.69) is 50.0 Å². The standard InChI is InChI=1S/C14H17BrN4/c1-8(2)11-10(15)13(16-4)19-14(18-11)12-9(3)6-5-7-17-12/h5-8H,1-4H3,(H,16,18,19). The van der Waals surface area contributed by atoms with Crippen LogP contribution in [0.15, 0.2) is 22.8 Å². The van der Waals surface area contributed by atoms with Crippen LogP contribution in [0.1, 0.15) is 31.0 Å². The minimum atomic E-state index is 0.312. The van der Waals surface area contributed by atoms with Crippen molar-refractivity contribution in [3.05, 3.63) is 34.1 Å². The summed E-state index contributed by atoms with van der Waals surface area (Å²) in [6.45, 7) is 6.24. The van der Waals surface area contributed by atoms with Gasteiger partial charge in [-0.3, -0.25) is 4.98 Å². The minimum absolute atomic E-state index is 0.312. The zero-order chi connectivity index (χ0) is 14.0. The first-order chi connectivity index (χ1) is 9.04. The molecule has 0 unspecified atom stereocenters. The van der Waals surface area contributed by atoms with Gasteiger partial charge in [-0.25, -0.2) is 9.97 Å². The largest absolute Gasteiger partial charge is 0.372 e. The third kappa shape index (κ3) is 2.76. The van der Waals surface area contributed by atoms with Crippen LogP contribution >= 0.6 is 15.9 Å². The van der Waals surface area contributed by atoms with Crippen molar-refractivity contribution in [2.75, 3.05) is 12.4 Å². The van der Waals surface area contributed by atoms with Crippen molar-refractivity contribution >= 4 is 21.7 Å². The van der Waals surface area contributed by atoms with Gasteiger partial charge in [-0.1, -0.05) is 19.9 Å². The van der Waals surface area contributed by atoms with E-state index in [1.165, 1.54) is 0 Å². The predicted molar refractivity (Wildman–Crippen MR) is 81.3 cm³/mol. The topological polar surface area (TPSA) is 50.7 Å². The molecule has 1 N–H and O–H groups in total. The van der Waals surface area contributed by atoms with Crippen molar-refractivity contribution in [2.24, 2.45) is 0 Å². The molecule has 0 spiro atoms. The van der Waals surface area contributed by atoms with E-state index in [4.69, 9.17) is 0 Å². The lowest BCUT2D eigenvalue weighted by molar-refractivity contribution is 0.809. The highest BCUT2D eigenvalue weighted by Gasteiger charge is 2.16. The first kappa shape index (κ1) is 13.9. The van der Waals surface area contributed by atoms with Gasteiger partial charge < -0.3 is 5.32 Å². The summed E-state index contributed by atoms with van der Waals surface area (Å²) in [5.74, 6) is 1.76. The van der Waals surface area contributed by atoms with Crippen molar-refractivity contribution in [2.45, 2.75) is 26.7 Å². The Morgan fingerprint density at radius 2 is 2.00 bits per heavy atom. The van der Waals surface area contributed by atoms with Gasteiger partial charge in [0, 0.05) is 13.2 Å². The SMILES string of the molecule is CNc1nc(-c2ncccc2C)nc(C(C)C)c1Br. The number of aryl methyl sites for hydroxylation is 1. The Morgan fingerprint density at radius 1 is 1.26 bits per heavy atom. The van der Waals surface area contributed by atoms with E-state index in [-0.39, 0.29) is 0 Å². The molecule has 0 bridgehead atoms. The number of halogens is 1. The molecule has 0 saturated heterocycles. The quantitative estimate of drug-likeness (QED) is 0.935. The average Bonchev–Trinajstić information content (AvgIpc) is 2.39. The van der Waals surface area contributed by atoms with Crippen LogP contribution in [-0.4, -0.2) is 22.0 Å². The van der Waals surface area contributed by atoms with E-state index < -0.39 is 0 Å². The second-order valence-corrected chi connectivity index (χ2v) is 5.46. The lowest BCUT2D eigenvalue weighted by atomic mass is 10.1. The van der Waals surface area contributed by atoms with E-state index in [9.17, 15) is 0 Å². The molecule has 4 nitrogen and oxygen atoms in total. The van der Waals surface area contributed by atoms with Crippen molar-refractivity contribution in [1.29, 1.82) is 0 Å². The molecule has 2 aromatic heterocycles. The van der Waals surface area contributed by atoms with E-state index in [0.717, 1.165) is 27.2 Å². The van der Waals surface area contributed by atoms with Crippen LogP contribution in [0.4, 0.5) is 5.82 Å².